The van der Waals surface area contributed by atoms with Crippen LogP contribution in [0.5, 0.6) is 0 Å². The molecule has 0 heterocycles. The van der Waals surface area contributed by atoms with Crippen LogP contribution >= 0.6 is 0 Å². The summed E-state index contributed by atoms with van der Waals surface area (Å²) in [4.78, 5) is 11.3. The molecule has 0 aromatic carbocycles. The summed E-state index contributed by atoms with van der Waals surface area (Å²) in [5.74, 6) is 0.691. The molecule has 1 fully saturated rings. The van der Waals surface area contributed by atoms with Crippen LogP contribution in [0.3, 0.4) is 0 Å². The maximum atomic E-state index is 11.3. The largest absolute Gasteiger partial charge is 0.466 e. The van der Waals surface area contributed by atoms with Gasteiger partial charge in [0.15, 0.2) is 0 Å². The van der Waals surface area contributed by atoms with Crippen LogP contribution in [0.25, 0.3) is 0 Å². The Balaban J connectivity index is 2.24. The van der Waals surface area contributed by atoms with E-state index in [1.165, 1.54) is 32.1 Å². The summed E-state index contributed by atoms with van der Waals surface area (Å²) in [5.41, 5.74) is 0. The Bertz CT molecular complexity index is 224. The third-order valence-corrected chi connectivity index (χ3v) is 3.68. The second-order valence-corrected chi connectivity index (χ2v) is 5.26. The minimum atomic E-state index is -0.0941. The van der Waals surface area contributed by atoms with Crippen molar-refractivity contribution >= 4 is 5.97 Å². The number of hydrogen-bond donors (Lipinski definition) is 1. The van der Waals surface area contributed by atoms with E-state index in [-0.39, 0.29) is 12.0 Å². The van der Waals surface area contributed by atoms with E-state index in [1.54, 1.807) is 0 Å². The predicted octanol–water partition coefficient (Wildman–Crippen LogP) is 2.89. The lowest BCUT2D eigenvalue weighted by molar-refractivity contribution is -0.143. The minimum Gasteiger partial charge on any atom is -0.466 e. The van der Waals surface area contributed by atoms with Crippen molar-refractivity contribution in [2.45, 2.75) is 71.4 Å². The summed E-state index contributed by atoms with van der Waals surface area (Å²) in [6, 6.07) is 0.728. The third-order valence-electron chi connectivity index (χ3n) is 3.68. The summed E-state index contributed by atoms with van der Waals surface area (Å²) in [7, 11) is 0. The Hall–Kier alpha value is -0.570. The molecule has 1 aliphatic carbocycles. The number of hydrogen-bond acceptors (Lipinski definition) is 3. The first-order chi connectivity index (χ1) is 8.13. The van der Waals surface area contributed by atoms with Crippen molar-refractivity contribution in [1.82, 2.24) is 5.32 Å². The fourth-order valence-corrected chi connectivity index (χ4v) is 2.75. The lowest BCUT2D eigenvalue weighted by Crippen LogP contribution is -2.41. The summed E-state index contributed by atoms with van der Waals surface area (Å²) < 4.78 is 4.96. The molecule has 0 aromatic heterocycles. The van der Waals surface area contributed by atoms with Gasteiger partial charge in [0.2, 0.25) is 0 Å². The zero-order valence-electron chi connectivity index (χ0n) is 11.5. The summed E-state index contributed by atoms with van der Waals surface area (Å²) in [5, 5.41) is 3.54. The average molecular weight is 241 g/mol. The van der Waals surface area contributed by atoms with Gasteiger partial charge in [-0.15, -0.1) is 0 Å². The average Bonchev–Trinajstić information content (AvgIpc) is 2.30. The van der Waals surface area contributed by atoms with Crippen molar-refractivity contribution in [2.24, 2.45) is 5.92 Å². The van der Waals surface area contributed by atoms with Crippen molar-refractivity contribution in [3.8, 4) is 0 Å². The summed E-state index contributed by atoms with van der Waals surface area (Å²) in [6.07, 6.45) is 7.26. The maximum absolute atomic E-state index is 11.3. The van der Waals surface area contributed by atoms with Gasteiger partial charge in [0, 0.05) is 12.1 Å². The van der Waals surface area contributed by atoms with Crippen LogP contribution in [0.2, 0.25) is 0 Å². The van der Waals surface area contributed by atoms with Gasteiger partial charge in [0.25, 0.3) is 0 Å². The molecular formula is C14H27NO2. The highest BCUT2D eigenvalue weighted by molar-refractivity contribution is 5.70. The summed E-state index contributed by atoms with van der Waals surface area (Å²) >= 11 is 0. The van der Waals surface area contributed by atoms with Gasteiger partial charge in [-0.3, -0.25) is 4.79 Å². The molecule has 0 aliphatic heterocycles. The molecule has 0 spiro atoms. The lowest BCUT2D eigenvalue weighted by atomic mass is 9.84. The van der Waals surface area contributed by atoms with Gasteiger partial charge >= 0.3 is 5.97 Å². The molecule has 17 heavy (non-hydrogen) atoms. The molecule has 1 saturated carbocycles. The van der Waals surface area contributed by atoms with Crippen molar-refractivity contribution in [3.05, 3.63) is 0 Å². The molecular weight excluding hydrogens is 214 g/mol. The highest BCUT2D eigenvalue weighted by Crippen LogP contribution is 2.26. The predicted molar refractivity (Wildman–Crippen MR) is 69.9 cm³/mol. The van der Waals surface area contributed by atoms with Gasteiger partial charge in [-0.1, -0.05) is 19.3 Å². The molecule has 3 heteroatoms. The third kappa shape index (κ3) is 5.53. The van der Waals surface area contributed by atoms with Gasteiger partial charge in [-0.05, 0) is 39.5 Å². The molecule has 0 saturated heterocycles. The molecule has 100 valence electrons. The van der Waals surface area contributed by atoms with E-state index in [2.05, 4.69) is 19.2 Å². The van der Waals surface area contributed by atoms with Crippen LogP contribution in [-0.4, -0.2) is 24.7 Å². The number of esters is 1. The molecule has 0 bridgehead atoms. The molecule has 2 atom stereocenters. The van der Waals surface area contributed by atoms with E-state index in [9.17, 15) is 4.79 Å². The highest BCUT2D eigenvalue weighted by atomic mass is 16.5. The van der Waals surface area contributed by atoms with Gasteiger partial charge in [0.05, 0.1) is 13.0 Å². The fourth-order valence-electron chi connectivity index (χ4n) is 2.75. The number of ether oxygens (including phenoxy) is 1. The topological polar surface area (TPSA) is 38.3 Å². The van der Waals surface area contributed by atoms with Crippen LogP contribution in [0.1, 0.15) is 59.3 Å². The second kappa shape index (κ2) is 7.70. The Kier molecular flexibility index (Phi) is 6.56. The molecule has 1 aliphatic rings. The molecule has 1 unspecified atom stereocenters. The Morgan fingerprint density at radius 2 is 1.94 bits per heavy atom. The lowest BCUT2D eigenvalue weighted by Gasteiger charge is -2.30. The van der Waals surface area contributed by atoms with E-state index in [0.717, 1.165) is 5.92 Å². The van der Waals surface area contributed by atoms with Gasteiger partial charge in [-0.2, -0.15) is 0 Å². The number of rotatable bonds is 6. The fraction of sp³-hybridized carbons (Fsp3) is 0.929. The normalized spacial score (nSPS) is 20.9. The van der Waals surface area contributed by atoms with E-state index in [0.29, 0.717) is 19.1 Å². The zero-order valence-corrected chi connectivity index (χ0v) is 11.5. The van der Waals surface area contributed by atoms with Gasteiger partial charge in [0.1, 0.15) is 0 Å². The number of carbonyl (C=O) groups excluding carboxylic acids is 1. The Morgan fingerprint density at radius 1 is 1.29 bits per heavy atom. The van der Waals surface area contributed by atoms with E-state index >= 15 is 0 Å². The molecule has 0 radical (unpaired) electrons. The van der Waals surface area contributed by atoms with E-state index in [1.807, 2.05) is 6.92 Å². The first kappa shape index (κ1) is 14.5. The van der Waals surface area contributed by atoms with E-state index in [4.69, 9.17) is 4.74 Å². The van der Waals surface area contributed by atoms with Gasteiger partial charge in [-0.25, -0.2) is 0 Å². The highest BCUT2D eigenvalue weighted by Gasteiger charge is 2.21. The zero-order chi connectivity index (χ0) is 12.7. The molecule has 0 amide bonds. The van der Waals surface area contributed by atoms with Crippen molar-refractivity contribution in [3.63, 3.8) is 0 Å². The quantitative estimate of drug-likeness (QED) is 0.727. The molecule has 3 nitrogen and oxygen atoms in total. The molecule has 0 aromatic rings. The standard InChI is InChI=1S/C14H27NO2/c1-4-17-14(16)10-11(2)15-12(3)13-8-6-5-7-9-13/h11-13,15H,4-10H2,1-3H3/t11?,12-/m1/s1. The van der Waals surface area contributed by atoms with Crippen LogP contribution < -0.4 is 5.32 Å². The maximum Gasteiger partial charge on any atom is 0.307 e. The van der Waals surface area contributed by atoms with Crippen molar-refractivity contribution in [1.29, 1.82) is 0 Å². The van der Waals surface area contributed by atoms with Crippen LogP contribution in [0, 0.1) is 5.92 Å². The van der Waals surface area contributed by atoms with Crippen LogP contribution in [0.4, 0.5) is 0 Å². The summed E-state index contributed by atoms with van der Waals surface area (Å²) in [6.45, 7) is 6.64. The first-order valence-electron chi connectivity index (χ1n) is 7.05. The van der Waals surface area contributed by atoms with Crippen LogP contribution in [-0.2, 0) is 9.53 Å². The second-order valence-electron chi connectivity index (χ2n) is 5.26. The first-order valence-corrected chi connectivity index (χ1v) is 7.05. The van der Waals surface area contributed by atoms with Gasteiger partial charge < -0.3 is 10.1 Å². The monoisotopic (exact) mass is 241 g/mol. The number of carbonyl (C=O) groups is 1. The Labute approximate surface area is 105 Å². The SMILES string of the molecule is CCOC(=O)CC(C)N[C@H](C)C1CCCCC1. The smallest absolute Gasteiger partial charge is 0.307 e. The molecule has 1 rings (SSSR count). The van der Waals surface area contributed by atoms with Crippen LogP contribution in [0.15, 0.2) is 0 Å². The molecule has 1 N–H and O–H groups in total. The van der Waals surface area contributed by atoms with Crippen molar-refractivity contribution in [2.75, 3.05) is 6.61 Å². The minimum absolute atomic E-state index is 0.0941. The van der Waals surface area contributed by atoms with Crippen molar-refractivity contribution < 1.29 is 9.53 Å². The van der Waals surface area contributed by atoms with E-state index < -0.39 is 0 Å². The number of nitrogens with one attached hydrogen (secondary N) is 1. The Morgan fingerprint density at radius 3 is 2.53 bits per heavy atom.